The zero-order chi connectivity index (χ0) is 19.5. The zero-order valence-corrected chi connectivity index (χ0v) is 16.2. The summed E-state index contributed by atoms with van der Waals surface area (Å²) >= 11 is 0. The number of phenolic OH excluding ortho intramolecular Hbond substituents is 1. The third-order valence-electron chi connectivity index (χ3n) is 7.06. The van der Waals surface area contributed by atoms with E-state index in [1.165, 1.54) is 11.1 Å². The van der Waals surface area contributed by atoms with Crippen LogP contribution in [0.5, 0.6) is 17.2 Å². The molecule has 2 aromatic carbocycles. The molecule has 0 spiro atoms. The highest BCUT2D eigenvalue weighted by molar-refractivity contribution is 5.82. The predicted molar refractivity (Wildman–Crippen MR) is 105 cm³/mol. The Morgan fingerprint density at radius 3 is 2.82 bits per heavy atom. The van der Waals surface area contributed by atoms with E-state index < -0.39 is 6.10 Å². The number of amides is 1. The lowest BCUT2D eigenvalue weighted by molar-refractivity contribution is -0.148. The Morgan fingerprint density at radius 2 is 2.00 bits per heavy atom. The summed E-state index contributed by atoms with van der Waals surface area (Å²) in [6, 6.07) is 13.3. The van der Waals surface area contributed by atoms with Gasteiger partial charge in [0.25, 0.3) is 5.91 Å². The summed E-state index contributed by atoms with van der Waals surface area (Å²) in [6.07, 6.45) is 1.08. The Bertz CT molecular complexity index is 942. The fourth-order valence-electron chi connectivity index (χ4n) is 5.21. The van der Waals surface area contributed by atoms with Gasteiger partial charge in [0.05, 0.1) is 0 Å². The molecule has 1 fully saturated rings. The third-order valence-corrected chi connectivity index (χ3v) is 7.06. The average molecular weight is 379 g/mol. The fraction of sp³-hybridized carbons (Fsp3) is 0.435. The molecule has 2 aromatic rings. The number of phenols is 1. The standard InChI is InChI=1S/C23H25NO4/c1-14-18-11-15-7-8-16(25)12-17(15)23(14,2)9-10-24(18)22(26)21-13-27-19-5-3-4-6-20(19)28-21/h3-8,12,14,18,21,25H,9-11,13H2,1-2H3/t14-,18+,21+,23+/m0/s1. The van der Waals surface area contributed by atoms with E-state index in [0.717, 1.165) is 12.8 Å². The Labute approximate surface area is 164 Å². The maximum Gasteiger partial charge on any atom is 0.267 e. The molecule has 1 saturated heterocycles. The van der Waals surface area contributed by atoms with Gasteiger partial charge in [-0.05, 0) is 59.6 Å². The van der Waals surface area contributed by atoms with Gasteiger partial charge >= 0.3 is 0 Å². The van der Waals surface area contributed by atoms with Gasteiger partial charge in [0, 0.05) is 12.6 Å². The SMILES string of the molecule is C[C@H]1[C@H]2Cc3ccc(O)cc3[C@]1(C)CCN2C(=O)[C@H]1COc2ccccc2O1. The van der Waals surface area contributed by atoms with Gasteiger partial charge in [-0.2, -0.15) is 0 Å². The molecule has 0 radical (unpaired) electrons. The quantitative estimate of drug-likeness (QED) is 0.826. The monoisotopic (exact) mass is 379 g/mol. The molecule has 146 valence electrons. The second-order valence-corrected chi connectivity index (χ2v) is 8.46. The van der Waals surface area contributed by atoms with Crippen LogP contribution in [0, 0.1) is 5.92 Å². The van der Waals surface area contributed by atoms with Gasteiger partial charge in [0.2, 0.25) is 6.10 Å². The fourth-order valence-corrected chi connectivity index (χ4v) is 5.21. The number of hydrogen-bond acceptors (Lipinski definition) is 4. The van der Waals surface area contributed by atoms with Crippen molar-refractivity contribution >= 4 is 5.91 Å². The summed E-state index contributed by atoms with van der Waals surface area (Å²) < 4.78 is 11.7. The van der Waals surface area contributed by atoms with Crippen LogP contribution in [0.1, 0.15) is 31.4 Å². The number of rotatable bonds is 1. The summed E-state index contributed by atoms with van der Waals surface area (Å²) in [5.74, 6) is 1.95. The largest absolute Gasteiger partial charge is 0.508 e. The zero-order valence-electron chi connectivity index (χ0n) is 16.2. The highest BCUT2D eigenvalue weighted by Crippen LogP contribution is 2.49. The lowest BCUT2D eigenvalue weighted by Crippen LogP contribution is -2.62. The summed E-state index contributed by atoms with van der Waals surface area (Å²) in [5.41, 5.74) is 2.42. The van der Waals surface area contributed by atoms with Gasteiger partial charge in [-0.25, -0.2) is 0 Å². The first-order chi connectivity index (χ1) is 13.5. The molecule has 3 aliphatic rings. The number of fused-ring (bicyclic) bond motifs is 5. The van der Waals surface area contributed by atoms with Crippen molar-refractivity contribution in [3.05, 3.63) is 53.6 Å². The number of benzene rings is 2. The van der Waals surface area contributed by atoms with E-state index >= 15 is 0 Å². The molecule has 4 atom stereocenters. The maximum absolute atomic E-state index is 13.4. The number of nitrogens with zero attached hydrogens (tertiary/aromatic N) is 1. The lowest BCUT2D eigenvalue weighted by atomic mass is 9.59. The molecule has 2 bridgehead atoms. The molecular formula is C23H25NO4. The van der Waals surface area contributed by atoms with Crippen LogP contribution >= 0.6 is 0 Å². The van der Waals surface area contributed by atoms with Crippen LogP contribution in [0.3, 0.4) is 0 Å². The Balaban J connectivity index is 1.43. The molecule has 5 nitrogen and oxygen atoms in total. The van der Waals surface area contributed by atoms with Gasteiger partial charge in [-0.1, -0.05) is 32.0 Å². The summed E-state index contributed by atoms with van der Waals surface area (Å²) in [6.45, 7) is 5.43. The first-order valence-electron chi connectivity index (χ1n) is 9.99. The molecule has 5 heteroatoms. The second kappa shape index (κ2) is 6.16. The maximum atomic E-state index is 13.4. The minimum Gasteiger partial charge on any atom is -0.508 e. The molecule has 1 aliphatic carbocycles. The normalized spacial score (nSPS) is 30.5. The van der Waals surface area contributed by atoms with E-state index in [4.69, 9.17) is 9.47 Å². The Kier molecular flexibility index (Phi) is 3.83. The van der Waals surface area contributed by atoms with Crippen molar-refractivity contribution in [2.24, 2.45) is 5.92 Å². The van der Waals surface area contributed by atoms with Gasteiger partial charge in [-0.15, -0.1) is 0 Å². The second-order valence-electron chi connectivity index (χ2n) is 8.46. The van der Waals surface area contributed by atoms with Gasteiger partial charge in [0.15, 0.2) is 11.5 Å². The highest BCUT2D eigenvalue weighted by atomic mass is 16.6. The van der Waals surface area contributed by atoms with Crippen molar-refractivity contribution in [2.75, 3.05) is 13.2 Å². The van der Waals surface area contributed by atoms with Gasteiger partial charge in [-0.3, -0.25) is 4.79 Å². The van der Waals surface area contributed by atoms with Crippen molar-refractivity contribution in [2.45, 2.75) is 44.2 Å². The number of hydrogen-bond donors (Lipinski definition) is 1. The Morgan fingerprint density at radius 1 is 1.21 bits per heavy atom. The minimum absolute atomic E-state index is 0.00984. The van der Waals surface area contributed by atoms with Gasteiger partial charge in [0.1, 0.15) is 12.4 Å². The van der Waals surface area contributed by atoms with E-state index in [9.17, 15) is 9.90 Å². The van der Waals surface area contributed by atoms with Crippen molar-refractivity contribution in [3.8, 4) is 17.2 Å². The van der Waals surface area contributed by atoms with Gasteiger partial charge < -0.3 is 19.5 Å². The number of ether oxygens (including phenoxy) is 2. The molecule has 0 aromatic heterocycles. The van der Waals surface area contributed by atoms with Crippen molar-refractivity contribution in [1.29, 1.82) is 0 Å². The van der Waals surface area contributed by atoms with Crippen LogP contribution in [0.15, 0.2) is 42.5 Å². The van der Waals surface area contributed by atoms with Crippen molar-refractivity contribution < 1.29 is 19.4 Å². The molecule has 1 N–H and O–H groups in total. The van der Waals surface area contributed by atoms with E-state index in [1.54, 1.807) is 6.07 Å². The molecule has 0 unspecified atom stereocenters. The smallest absolute Gasteiger partial charge is 0.267 e. The summed E-state index contributed by atoms with van der Waals surface area (Å²) in [5, 5.41) is 9.98. The average Bonchev–Trinajstić information content (AvgIpc) is 2.70. The molecule has 1 amide bonds. The highest BCUT2D eigenvalue weighted by Gasteiger charge is 2.50. The minimum atomic E-state index is -0.604. The summed E-state index contributed by atoms with van der Waals surface area (Å²) in [7, 11) is 0. The van der Waals surface area contributed by atoms with Crippen LogP contribution in [0.4, 0.5) is 0 Å². The van der Waals surface area contributed by atoms with E-state index in [-0.39, 0.29) is 24.0 Å². The van der Waals surface area contributed by atoms with Crippen LogP contribution < -0.4 is 9.47 Å². The van der Waals surface area contributed by atoms with Crippen molar-refractivity contribution in [1.82, 2.24) is 4.90 Å². The van der Waals surface area contributed by atoms with Crippen molar-refractivity contribution in [3.63, 3.8) is 0 Å². The number of para-hydroxylation sites is 2. The molecule has 2 aliphatic heterocycles. The van der Waals surface area contributed by atoms with Crippen LogP contribution in [0.2, 0.25) is 0 Å². The van der Waals surface area contributed by atoms with Crippen LogP contribution in [0.25, 0.3) is 0 Å². The van der Waals surface area contributed by atoms with Crippen LogP contribution in [-0.4, -0.2) is 41.2 Å². The summed E-state index contributed by atoms with van der Waals surface area (Å²) in [4.78, 5) is 15.4. The molecular weight excluding hydrogens is 354 g/mol. The number of aromatic hydroxyl groups is 1. The molecule has 5 rings (SSSR count). The molecule has 0 saturated carbocycles. The molecule has 2 heterocycles. The topological polar surface area (TPSA) is 59.0 Å². The predicted octanol–water partition coefficient (Wildman–Crippen LogP) is 3.28. The Hall–Kier alpha value is -2.69. The van der Waals surface area contributed by atoms with Crippen LogP contribution in [-0.2, 0) is 16.6 Å². The number of likely N-dealkylation sites (tertiary alicyclic amines) is 1. The number of piperidine rings is 1. The van der Waals surface area contributed by atoms with E-state index in [1.807, 2.05) is 41.3 Å². The first-order valence-corrected chi connectivity index (χ1v) is 9.99. The number of carbonyl (C=O) groups is 1. The lowest BCUT2D eigenvalue weighted by Gasteiger charge is -2.55. The first kappa shape index (κ1) is 17.4. The molecule has 28 heavy (non-hydrogen) atoms. The van der Waals surface area contributed by atoms with E-state index in [2.05, 4.69) is 13.8 Å². The third kappa shape index (κ3) is 2.49. The number of carbonyl (C=O) groups excluding carboxylic acids is 1. The van der Waals surface area contributed by atoms with E-state index in [0.29, 0.717) is 29.7 Å².